The zero-order valence-electron chi connectivity index (χ0n) is 12.8. The van der Waals surface area contributed by atoms with Gasteiger partial charge in [-0.15, -0.1) is 0 Å². The number of nitrogens with one attached hydrogen (secondary N) is 1. The Morgan fingerprint density at radius 3 is 2.30 bits per heavy atom. The fourth-order valence-electron chi connectivity index (χ4n) is 2.38. The Morgan fingerprint density at radius 1 is 0.913 bits per heavy atom. The molecule has 0 aliphatic rings. The van der Waals surface area contributed by atoms with Crippen molar-refractivity contribution >= 4 is 11.6 Å². The van der Waals surface area contributed by atoms with Gasteiger partial charge in [-0.25, -0.2) is 4.98 Å². The smallest absolute Gasteiger partial charge is 0.0923 e. The van der Waals surface area contributed by atoms with Crippen LogP contribution in [0.2, 0.25) is 5.02 Å². The van der Waals surface area contributed by atoms with Crippen LogP contribution in [0.1, 0.15) is 22.4 Å². The Balaban J connectivity index is 1.42. The van der Waals surface area contributed by atoms with Crippen molar-refractivity contribution in [1.82, 2.24) is 9.97 Å². The number of imidazole rings is 1. The second kappa shape index (κ2) is 7.95. The molecule has 118 valence electrons. The molecule has 23 heavy (non-hydrogen) atoms. The minimum atomic E-state index is 0.619. The second-order valence-corrected chi connectivity index (χ2v) is 5.92. The van der Waals surface area contributed by atoms with E-state index in [0.29, 0.717) is 13.2 Å². The molecule has 0 saturated carbocycles. The van der Waals surface area contributed by atoms with Crippen molar-refractivity contribution in [2.75, 3.05) is 6.61 Å². The number of hydrogen-bond acceptors (Lipinski definition) is 2. The largest absolute Gasteiger partial charge is 0.376 e. The van der Waals surface area contributed by atoms with E-state index in [4.69, 9.17) is 16.3 Å². The van der Waals surface area contributed by atoms with E-state index < -0.39 is 0 Å². The van der Waals surface area contributed by atoms with Crippen molar-refractivity contribution in [2.45, 2.75) is 19.4 Å². The molecule has 0 spiro atoms. The number of H-pyrrole nitrogens is 1. The quantitative estimate of drug-likeness (QED) is 0.653. The summed E-state index contributed by atoms with van der Waals surface area (Å²) in [7, 11) is 0. The lowest BCUT2D eigenvalue weighted by molar-refractivity contribution is 0.124. The Morgan fingerprint density at radius 2 is 1.61 bits per heavy atom. The van der Waals surface area contributed by atoms with Gasteiger partial charge in [-0.05, 0) is 35.2 Å². The number of nitrogens with zero attached hydrogens (tertiary/aromatic N) is 1. The third-order valence-electron chi connectivity index (χ3n) is 3.68. The minimum absolute atomic E-state index is 0.619. The van der Waals surface area contributed by atoms with Gasteiger partial charge < -0.3 is 9.72 Å². The van der Waals surface area contributed by atoms with E-state index in [1.54, 1.807) is 6.33 Å². The lowest BCUT2D eigenvalue weighted by Gasteiger charge is -2.06. The Hall–Kier alpha value is -2.10. The molecular weight excluding hydrogens is 308 g/mol. The number of hydrogen-bond donors (Lipinski definition) is 1. The first kappa shape index (κ1) is 15.8. The molecule has 0 radical (unpaired) electrons. The van der Waals surface area contributed by atoms with Gasteiger partial charge in [-0.1, -0.05) is 48.0 Å². The van der Waals surface area contributed by atoms with Crippen LogP contribution in [0.5, 0.6) is 0 Å². The average Bonchev–Trinajstić information content (AvgIpc) is 3.08. The summed E-state index contributed by atoms with van der Waals surface area (Å²) in [5.74, 6) is 0. The Labute approximate surface area is 141 Å². The maximum absolute atomic E-state index is 5.86. The standard InChI is InChI=1S/C19H19ClN2O/c20-18-7-5-17(6-8-18)13-23-10-9-15-1-3-16(4-2-15)11-19-12-21-14-22-19/h1-8,12,14H,9-11,13H2,(H,21,22). The number of aromatic nitrogens is 2. The average molecular weight is 327 g/mol. The van der Waals surface area contributed by atoms with E-state index in [9.17, 15) is 0 Å². The molecule has 2 aromatic carbocycles. The number of aromatic amines is 1. The molecule has 1 heterocycles. The Kier molecular flexibility index (Phi) is 5.46. The highest BCUT2D eigenvalue weighted by atomic mass is 35.5. The third-order valence-corrected chi connectivity index (χ3v) is 3.93. The summed E-state index contributed by atoms with van der Waals surface area (Å²) in [6.45, 7) is 1.33. The molecule has 0 atom stereocenters. The minimum Gasteiger partial charge on any atom is -0.376 e. The van der Waals surface area contributed by atoms with Crippen LogP contribution in [0.3, 0.4) is 0 Å². The van der Waals surface area contributed by atoms with Crippen molar-refractivity contribution in [2.24, 2.45) is 0 Å². The normalized spacial score (nSPS) is 10.8. The van der Waals surface area contributed by atoms with Crippen molar-refractivity contribution in [3.63, 3.8) is 0 Å². The SMILES string of the molecule is Clc1ccc(COCCc2ccc(Cc3c[nH]cn3)cc2)cc1. The molecular formula is C19H19ClN2O. The van der Waals surface area contributed by atoms with Crippen LogP contribution in [0.15, 0.2) is 61.1 Å². The topological polar surface area (TPSA) is 37.9 Å². The molecule has 3 aromatic rings. The van der Waals surface area contributed by atoms with E-state index in [-0.39, 0.29) is 0 Å². The van der Waals surface area contributed by atoms with Gasteiger partial charge in [0.05, 0.1) is 25.2 Å². The van der Waals surface area contributed by atoms with Crippen LogP contribution < -0.4 is 0 Å². The number of ether oxygens (including phenoxy) is 1. The summed E-state index contributed by atoms with van der Waals surface area (Å²) < 4.78 is 5.72. The maximum atomic E-state index is 5.86. The predicted molar refractivity (Wildman–Crippen MR) is 92.6 cm³/mol. The van der Waals surface area contributed by atoms with Crippen LogP contribution in [-0.2, 0) is 24.2 Å². The van der Waals surface area contributed by atoms with Gasteiger partial charge in [0.2, 0.25) is 0 Å². The van der Waals surface area contributed by atoms with Gasteiger partial charge in [-0.3, -0.25) is 0 Å². The van der Waals surface area contributed by atoms with Crippen molar-refractivity contribution in [3.05, 3.63) is 88.5 Å². The number of halogens is 1. The zero-order valence-corrected chi connectivity index (χ0v) is 13.6. The highest BCUT2D eigenvalue weighted by molar-refractivity contribution is 6.30. The maximum Gasteiger partial charge on any atom is 0.0923 e. The van der Waals surface area contributed by atoms with Gasteiger partial charge in [0.25, 0.3) is 0 Å². The molecule has 0 amide bonds. The summed E-state index contributed by atoms with van der Waals surface area (Å²) in [6.07, 6.45) is 5.41. The molecule has 0 aliphatic carbocycles. The first-order chi connectivity index (χ1) is 11.3. The molecule has 1 aromatic heterocycles. The van der Waals surface area contributed by atoms with Crippen LogP contribution in [0.25, 0.3) is 0 Å². The zero-order chi connectivity index (χ0) is 15.9. The predicted octanol–water partition coefficient (Wildman–Crippen LogP) is 4.41. The summed E-state index contributed by atoms with van der Waals surface area (Å²) in [6, 6.07) is 16.4. The van der Waals surface area contributed by atoms with Gasteiger partial charge in [0.15, 0.2) is 0 Å². The second-order valence-electron chi connectivity index (χ2n) is 5.48. The van der Waals surface area contributed by atoms with Gasteiger partial charge in [0.1, 0.15) is 0 Å². The van der Waals surface area contributed by atoms with E-state index in [0.717, 1.165) is 29.1 Å². The van der Waals surface area contributed by atoms with E-state index >= 15 is 0 Å². The summed E-state index contributed by atoms with van der Waals surface area (Å²) in [4.78, 5) is 7.22. The third kappa shape index (κ3) is 4.95. The monoisotopic (exact) mass is 326 g/mol. The summed E-state index contributed by atoms with van der Waals surface area (Å²) in [5.41, 5.74) is 4.75. The van der Waals surface area contributed by atoms with Crippen LogP contribution >= 0.6 is 11.6 Å². The van der Waals surface area contributed by atoms with Crippen LogP contribution in [0, 0.1) is 0 Å². The number of benzene rings is 2. The highest BCUT2D eigenvalue weighted by Crippen LogP contribution is 2.12. The van der Waals surface area contributed by atoms with Crippen LogP contribution in [-0.4, -0.2) is 16.6 Å². The van der Waals surface area contributed by atoms with Crippen molar-refractivity contribution < 1.29 is 4.74 Å². The molecule has 0 saturated heterocycles. The lowest BCUT2D eigenvalue weighted by Crippen LogP contribution is -1.99. The van der Waals surface area contributed by atoms with Crippen LogP contribution in [0.4, 0.5) is 0 Å². The Bertz CT molecular complexity index is 706. The number of rotatable bonds is 7. The molecule has 0 aliphatic heterocycles. The van der Waals surface area contributed by atoms with E-state index in [1.807, 2.05) is 30.5 Å². The molecule has 3 rings (SSSR count). The molecule has 4 heteroatoms. The summed E-state index contributed by atoms with van der Waals surface area (Å²) in [5, 5.41) is 0.753. The van der Waals surface area contributed by atoms with E-state index in [1.165, 1.54) is 11.1 Å². The highest BCUT2D eigenvalue weighted by Gasteiger charge is 2.00. The summed E-state index contributed by atoms with van der Waals surface area (Å²) >= 11 is 5.86. The van der Waals surface area contributed by atoms with Crippen molar-refractivity contribution in [3.8, 4) is 0 Å². The molecule has 0 fully saturated rings. The van der Waals surface area contributed by atoms with Gasteiger partial charge in [-0.2, -0.15) is 0 Å². The molecule has 3 nitrogen and oxygen atoms in total. The molecule has 0 unspecified atom stereocenters. The first-order valence-corrected chi connectivity index (χ1v) is 8.05. The van der Waals surface area contributed by atoms with Gasteiger partial charge in [0, 0.05) is 17.6 Å². The molecule has 1 N–H and O–H groups in total. The fraction of sp³-hybridized carbons (Fsp3) is 0.211. The molecule has 0 bridgehead atoms. The fourth-order valence-corrected chi connectivity index (χ4v) is 2.51. The van der Waals surface area contributed by atoms with Gasteiger partial charge >= 0.3 is 0 Å². The first-order valence-electron chi connectivity index (χ1n) is 7.67. The lowest BCUT2D eigenvalue weighted by atomic mass is 10.1. The van der Waals surface area contributed by atoms with E-state index in [2.05, 4.69) is 34.2 Å². The van der Waals surface area contributed by atoms with Crippen molar-refractivity contribution in [1.29, 1.82) is 0 Å².